The normalized spacial score (nSPS) is 14.7. The number of aromatic amines is 1. The largest absolute Gasteiger partial charge is 0.367 e. The summed E-state index contributed by atoms with van der Waals surface area (Å²) < 4.78 is 0. The van der Waals surface area contributed by atoms with Gasteiger partial charge >= 0.3 is 0 Å². The molecule has 1 aliphatic heterocycles. The predicted octanol–water partition coefficient (Wildman–Crippen LogP) is 2.57. The molecule has 1 aromatic carbocycles. The number of aryl methyl sites for hydroxylation is 1. The first kappa shape index (κ1) is 16.3. The Morgan fingerprint density at radius 1 is 0.917 bits per heavy atom. The topological polar surface area (TPSA) is 56.4 Å². The van der Waals surface area contributed by atoms with E-state index in [2.05, 4.69) is 11.9 Å². The highest BCUT2D eigenvalue weighted by Crippen LogP contribution is 2.13. The maximum atomic E-state index is 12.6. The minimum absolute atomic E-state index is 0.0206. The first-order valence-corrected chi connectivity index (χ1v) is 8.49. The third-order valence-electron chi connectivity index (χ3n) is 4.44. The van der Waals surface area contributed by atoms with E-state index < -0.39 is 0 Å². The molecule has 0 atom stereocenters. The number of carbonyl (C=O) groups excluding carboxylic acids is 2. The van der Waals surface area contributed by atoms with Gasteiger partial charge in [-0.05, 0) is 30.2 Å². The minimum Gasteiger partial charge on any atom is -0.367 e. The van der Waals surface area contributed by atoms with Gasteiger partial charge in [0.15, 0.2) is 0 Å². The number of H-pyrrole nitrogens is 1. The van der Waals surface area contributed by atoms with Crippen molar-refractivity contribution in [2.75, 3.05) is 26.2 Å². The number of nitrogens with zero attached hydrogens (tertiary/aromatic N) is 2. The highest BCUT2D eigenvalue weighted by molar-refractivity contribution is 5.95. The molecule has 1 N–H and O–H groups in total. The van der Waals surface area contributed by atoms with E-state index >= 15 is 0 Å². The van der Waals surface area contributed by atoms with Crippen molar-refractivity contribution in [3.8, 4) is 0 Å². The number of hydrogen-bond donors (Lipinski definition) is 1. The van der Waals surface area contributed by atoms with E-state index in [9.17, 15) is 9.59 Å². The lowest BCUT2D eigenvalue weighted by Gasteiger charge is -2.34. The van der Waals surface area contributed by atoms with Gasteiger partial charge in [-0.25, -0.2) is 0 Å². The van der Waals surface area contributed by atoms with Gasteiger partial charge in [-0.3, -0.25) is 9.59 Å². The standard InChI is InChI=1S/C19H23N3O2/c1-2-3-15-4-6-16(7-5-15)18(23)21-10-12-22(13-11-21)19(24)17-8-9-20-14-17/h4-9,14,20H,2-3,10-13H2,1H3. The highest BCUT2D eigenvalue weighted by Gasteiger charge is 2.25. The van der Waals surface area contributed by atoms with Gasteiger partial charge in [0.25, 0.3) is 11.8 Å². The monoisotopic (exact) mass is 325 g/mol. The van der Waals surface area contributed by atoms with E-state index in [1.165, 1.54) is 5.56 Å². The average molecular weight is 325 g/mol. The van der Waals surface area contributed by atoms with Crippen LogP contribution in [-0.4, -0.2) is 52.8 Å². The zero-order chi connectivity index (χ0) is 16.9. The smallest absolute Gasteiger partial charge is 0.255 e. The molecule has 126 valence electrons. The summed E-state index contributed by atoms with van der Waals surface area (Å²) in [6.07, 6.45) is 5.59. The van der Waals surface area contributed by atoms with Gasteiger partial charge in [0.05, 0.1) is 5.56 Å². The minimum atomic E-state index is 0.0206. The number of amides is 2. The number of nitrogens with one attached hydrogen (secondary N) is 1. The van der Waals surface area contributed by atoms with Crippen molar-refractivity contribution in [2.24, 2.45) is 0 Å². The molecule has 0 spiro atoms. The van der Waals surface area contributed by atoms with Crippen LogP contribution < -0.4 is 0 Å². The summed E-state index contributed by atoms with van der Waals surface area (Å²) in [5.74, 6) is 0.0686. The van der Waals surface area contributed by atoms with Gasteiger partial charge in [0.2, 0.25) is 0 Å². The molecule has 5 heteroatoms. The van der Waals surface area contributed by atoms with Crippen molar-refractivity contribution >= 4 is 11.8 Å². The number of carbonyl (C=O) groups is 2. The molecule has 0 radical (unpaired) electrons. The lowest BCUT2D eigenvalue weighted by atomic mass is 10.1. The van der Waals surface area contributed by atoms with Crippen LogP contribution >= 0.6 is 0 Å². The van der Waals surface area contributed by atoms with Crippen molar-refractivity contribution < 1.29 is 9.59 Å². The van der Waals surface area contributed by atoms with Crippen molar-refractivity contribution in [1.82, 2.24) is 14.8 Å². The van der Waals surface area contributed by atoms with Gasteiger partial charge in [-0.1, -0.05) is 25.5 Å². The van der Waals surface area contributed by atoms with Gasteiger partial charge in [0, 0.05) is 44.1 Å². The van der Waals surface area contributed by atoms with Crippen molar-refractivity contribution in [3.05, 3.63) is 59.4 Å². The summed E-state index contributed by atoms with van der Waals surface area (Å²) in [6, 6.07) is 9.65. The maximum absolute atomic E-state index is 12.6. The molecule has 1 fully saturated rings. The molecule has 1 aliphatic rings. The second kappa shape index (κ2) is 7.34. The van der Waals surface area contributed by atoms with E-state index in [4.69, 9.17) is 0 Å². The molecule has 2 aromatic rings. The molecule has 5 nitrogen and oxygen atoms in total. The Kier molecular flexibility index (Phi) is 4.99. The maximum Gasteiger partial charge on any atom is 0.255 e. The Morgan fingerprint density at radius 3 is 2.00 bits per heavy atom. The Morgan fingerprint density at radius 2 is 1.50 bits per heavy atom. The average Bonchev–Trinajstić information content (AvgIpc) is 3.16. The summed E-state index contributed by atoms with van der Waals surface area (Å²) in [5.41, 5.74) is 2.65. The molecule has 2 heterocycles. The molecule has 24 heavy (non-hydrogen) atoms. The zero-order valence-electron chi connectivity index (χ0n) is 14.0. The molecular weight excluding hydrogens is 302 g/mol. The second-order valence-electron chi connectivity index (χ2n) is 6.13. The van der Waals surface area contributed by atoms with Crippen LogP contribution in [-0.2, 0) is 6.42 Å². The van der Waals surface area contributed by atoms with Gasteiger partial charge in [-0.15, -0.1) is 0 Å². The van der Waals surface area contributed by atoms with Crippen LogP contribution in [0.5, 0.6) is 0 Å². The first-order chi connectivity index (χ1) is 11.7. The SMILES string of the molecule is CCCc1ccc(C(=O)N2CCN(C(=O)c3cc[nH]c3)CC2)cc1. The van der Waals surface area contributed by atoms with Crippen LogP contribution in [0, 0.1) is 0 Å². The zero-order valence-corrected chi connectivity index (χ0v) is 14.0. The first-order valence-electron chi connectivity index (χ1n) is 8.49. The van der Waals surface area contributed by atoms with Crippen LogP contribution in [0.3, 0.4) is 0 Å². The fourth-order valence-electron chi connectivity index (χ4n) is 3.04. The highest BCUT2D eigenvalue weighted by atomic mass is 16.2. The fourth-order valence-corrected chi connectivity index (χ4v) is 3.04. The molecule has 0 unspecified atom stereocenters. The van der Waals surface area contributed by atoms with Crippen molar-refractivity contribution in [3.63, 3.8) is 0 Å². The number of rotatable bonds is 4. The van der Waals surface area contributed by atoms with Gasteiger partial charge in [0.1, 0.15) is 0 Å². The van der Waals surface area contributed by atoms with Crippen LogP contribution in [0.2, 0.25) is 0 Å². The Labute approximate surface area is 142 Å². The molecule has 0 saturated carbocycles. The van der Waals surface area contributed by atoms with E-state index in [1.807, 2.05) is 29.2 Å². The summed E-state index contributed by atoms with van der Waals surface area (Å²) in [6.45, 7) is 4.44. The van der Waals surface area contributed by atoms with Crippen LogP contribution in [0.25, 0.3) is 0 Å². The quantitative estimate of drug-likeness (QED) is 0.939. The number of piperazine rings is 1. The lowest BCUT2D eigenvalue weighted by Crippen LogP contribution is -2.50. The summed E-state index contributed by atoms with van der Waals surface area (Å²) in [4.78, 5) is 31.4. The van der Waals surface area contributed by atoms with Crippen LogP contribution in [0.15, 0.2) is 42.7 Å². The second-order valence-corrected chi connectivity index (χ2v) is 6.13. The molecule has 1 saturated heterocycles. The Bertz CT molecular complexity index is 684. The van der Waals surface area contributed by atoms with Gasteiger partial charge in [-0.2, -0.15) is 0 Å². The van der Waals surface area contributed by atoms with Gasteiger partial charge < -0.3 is 14.8 Å². The Balaban J connectivity index is 1.57. The number of benzene rings is 1. The number of aromatic nitrogens is 1. The number of hydrogen-bond acceptors (Lipinski definition) is 2. The predicted molar refractivity (Wildman–Crippen MR) is 93.0 cm³/mol. The summed E-state index contributed by atoms with van der Waals surface area (Å²) in [7, 11) is 0. The van der Waals surface area contributed by atoms with E-state index in [0.29, 0.717) is 31.7 Å². The van der Waals surface area contributed by atoms with Crippen molar-refractivity contribution in [2.45, 2.75) is 19.8 Å². The molecule has 0 bridgehead atoms. The molecule has 1 aromatic heterocycles. The van der Waals surface area contributed by atoms with Crippen LogP contribution in [0.4, 0.5) is 0 Å². The molecular formula is C19H23N3O2. The van der Waals surface area contributed by atoms with E-state index in [-0.39, 0.29) is 11.8 Å². The van der Waals surface area contributed by atoms with E-state index in [1.54, 1.807) is 23.4 Å². The third-order valence-corrected chi connectivity index (χ3v) is 4.44. The van der Waals surface area contributed by atoms with Crippen molar-refractivity contribution in [1.29, 1.82) is 0 Å². The summed E-state index contributed by atoms with van der Waals surface area (Å²) in [5, 5.41) is 0. The Hall–Kier alpha value is -2.56. The lowest BCUT2D eigenvalue weighted by molar-refractivity contribution is 0.0535. The van der Waals surface area contributed by atoms with E-state index in [0.717, 1.165) is 18.4 Å². The molecule has 3 rings (SSSR count). The summed E-state index contributed by atoms with van der Waals surface area (Å²) >= 11 is 0. The third kappa shape index (κ3) is 3.50. The molecule has 2 amide bonds. The van der Waals surface area contributed by atoms with Crippen LogP contribution in [0.1, 0.15) is 39.6 Å². The molecule has 0 aliphatic carbocycles. The fraction of sp³-hybridized carbons (Fsp3) is 0.368.